The molecule has 0 spiro atoms. The molecule has 24 heavy (non-hydrogen) atoms. The summed E-state index contributed by atoms with van der Waals surface area (Å²) in [4.78, 5) is 21.7. The van der Waals surface area contributed by atoms with E-state index in [1.54, 1.807) is 0 Å². The van der Waals surface area contributed by atoms with Crippen molar-refractivity contribution in [2.24, 2.45) is 0 Å². The number of unbranched alkanes of at least 4 members (excludes halogenated alkanes) is 10. The van der Waals surface area contributed by atoms with Gasteiger partial charge in [0.2, 0.25) is 5.70 Å². The Morgan fingerprint density at radius 1 is 0.917 bits per heavy atom. The van der Waals surface area contributed by atoms with Gasteiger partial charge in [-0.1, -0.05) is 58.3 Å². The summed E-state index contributed by atoms with van der Waals surface area (Å²) in [7, 11) is 1.43. The van der Waals surface area contributed by atoms with Gasteiger partial charge in [0, 0.05) is 12.8 Å². The van der Waals surface area contributed by atoms with Crippen LogP contribution in [0.1, 0.15) is 96.8 Å². The summed E-state index contributed by atoms with van der Waals surface area (Å²) in [5.41, 5.74) is 0.397. The van der Waals surface area contributed by atoms with E-state index in [1.165, 1.54) is 32.8 Å². The van der Waals surface area contributed by atoms with Crippen LogP contribution in [0.25, 0.3) is 0 Å². The van der Waals surface area contributed by atoms with Gasteiger partial charge in [-0.25, -0.2) is 0 Å². The largest absolute Gasteiger partial charge is 0.469 e. The molecule has 0 aliphatic carbocycles. The minimum atomic E-state index is -0.218. The average molecular weight is 341 g/mol. The molecule has 0 aromatic carbocycles. The van der Waals surface area contributed by atoms with Crippen LogP contribution >= 0.6 is 0 Å². The number of esters is 1. The quantitative estimate of drug-likeness (QED) is 0.154. The first-order chi connectivity index (χ1) is 11.6. The zero-order valence-corrected chi connectivity index (χ0v) is 15.6. The molecule has 0 radical (unpaired) electrons. The Kier molecular flexibility index (Phi) is 15.5. The zero-order chi connectivity index (χ0) is 18.0. The second-order valence-electron chi connectivity index (χ2n) is 6.35. The van der Waals surface area contributed by atoms with Gasteiger partial charge in [0.05, 0.1) is 12.0 Å². The van der Waals surface area contributed by atoms with Crippen molar-refractivity contribution in [3.63, 3.8) is 0 Å². The van der Waals surface area contributed by atoms with E-state index < -0.39 is 0 Å². The van der Waals surface area contributed by atoms with Crippen molar-refractivity contribution in [1.29, 1.82) is 0 Å². The summed E-state index contributed by atoms with van der Waals surface area (Å²) >= 11 is 0. The Labute approximate surface area is 147 Å². The molecule has 0 amide bonds. The van der Waals surface area contributed by atoms with Gasteiger partial charge in [-0.3, -0.25) is 14.9 Å². The number of ether oxygens (including phenoxy) is 1. The van der Waals surface area contributed by atoms with E-state index in [4.69, 9.17) is 0 Å². The van der Waals surface area contributed by atoms with Crippen LogP contribution in [-0.2, 0) is 9.53 Å². The summed E-state index contributed by atoms with van der Waals surface area (Å²) in [6, 6.07) is 0. The van der Waals surface area contributed by atoms with Crippen LogP contribution < -0.4 is 0 Å². The fraction of sp³-hybridized carbons (Fsp3) is 0.842. The first-order valence-electron chi connectivity index (χ1n) is 9.52. The molecule has 0 aromatic rings. The lowest BCUT2D eigenvalue weighted by Gasteiger charge is -2.02. The monoisotopic (exact) mass is 341 g/mol. The number of methoxy groups -OCH3 is 1. The molecule has 0 fully saturated rings. The highest BCUT2D eigenvalue weighted by molar-refractivity contribution is 5.68. The van der Waals surface area contributed by atoms with E-state index in [2.05, 4.69) is 11.7 Å². The molecule has 5 heteroatoms. The number of carbonyl (C=O) groups is 1. The highest BCUT2D eigenvalue weighted by atomic mass is 16.6. The number of carbonyl (C=O) groups excluding carboxylic acids is 1. The summed E-state index contributed by atoms with van der Waals surface area (Å²) in [6.07, 6.45) is 15.8. The van der Waals surface area contributed by atoms with Crippen LogP contribution in [0.2, 0.25) is 0 Å². The first kappa shape index (κ1) is 22.6. The lowest BCUT2D eigenvalue weighted by molar-refractivity contribution is -0.428. The molecule has 0 N–H and O–H groups in total. The van der Waals surface area contributed by atoms with Gasteiger partial charge >= 0.3 is 5.97 Å². The van der Waals surface area contributed by atoms with Crippen molar-refractivity contribution >= 4 is 5.97 Å². The van der Waals surface area contributed by atoms with Gasteiger partial charge < -0.3 is 4.74 Å². The van der Waals surface area contributed by atoms with E-state index in [9.17, 15) is 14.9 Å². The number of hydrogen-bond acceptors (Lipinski definition) is 4. The van der Waals surface area contributed by atoms with Crippen molar-refractivity contribution < 1.29 is 14.5 Å². The first-order valence-corrected chi connectivity index (χ1v) is 9.52. The number of hydrogen-bond donors (Lipinski definition) is 0. The van der Waals surface area contributed by atoms with E-state index in [1.807, 2.05) is 6.08 Å². The SMILES string of the molecule is CCCCC/C(=C\CCCCCCCCCCC(=O)OC)[N+](=O)[O-]. The number of nitro groups is 1. The van der Waals surface area contributed by atoms with E-state index in [-0.39, 0.29) is 10.9 Å². The van der Waals surface area contributed by atoms with E-state index in [0.29, 0.717) is 18.5 Å². The van der Waals surface area contributed by atoms with Crippen LogP contribution in [-0.4, -0.2) is 18.0 Å². The lowest BCUT2D eigenvalue weighted by atomic mass is 10.1. The standard InChI is InChI=1S/C19H35NO4/c1-3-4-12-15-18(20(22)23)16-13-10-8-6-5-7-9-11-14-17-19(21)24-2/h16H,3-15,17H2,1-2H3/b18-16+. The van der Waals surface area contributed by atoms with Crippen LogP contribution in [0.15, 0.2) is 11.8 Å². The smallest absolute Gasteiger partial charge is 0.305 e. The maximum atomic E-state index is 11.0. The third-order valence-electron chi connectivity index (χ3n) is 4.21. The Hall–Kier alpha value is -1.39. The number of allylic oxidation sites excluding steroid dienone is 2. The zero-order valence-electron chi connectivity index (χ0n) is 15.6. The van der Waals surface area contributed by atoms with Crippen molar-refractivity contribution in [3.8, 4) is 0 Å². The van der Waals surface area contributed by atoms with Gasteiger partial charge in [0.1, 0.15) is 0 Å². The summed E-state index contributed by atoms with van der Waals surface area (Å²) in [5, 5.41) is 11.0. The Morgan fingerprint density at radius 2 is 1.46 bits per heavy atom. The fourth-order valence-corrected chi connectivity index (χ4v) is 2.67. The molecule has 0 aliphatic rings. The van der Waals surface area contributed by atoms with Gasteiger partial charge in [0.15, 0.2) is 0 Å². The molecule has 0 saturated heterocycles. The molecular formula is C19H35NO4. The third kappa shape index (κ3) is 14.2. The van der Waals surface area contributed by atoms with Crippen LogP contribution in [0, 0.1) is 10.1 Å². The predicted octanol–water partition coefficient (Wildman–Crippen LogP) is 5.80. The van der Waals surface area contributed by atoms with E-state index >= 15 is 0 Å². The molecule has 0 heterocycles. The molecule has 0 atom stereocenters. The van der Waals surface area contributed by atoms with E-state index in [0.717, 1.165) is 51.4 Å². The van der Waals surface area contributed by atoms with Gasteiger partial charge in [-0.05, 0) is 31.8 Å². The Morgan fingerprint density at radius 3 is 2.00 bits per heavy atom. The normalized spacial score (nSPS) is 11.5. The van der Waals surface area contributed by atoms with Crippen LogP contribution in [0.4, 0.5) is 0 Å². The molecule has 5 nitrogen and oxygen atoms in total. The molecule has 0 bridgehead atoms. The summed E-state index contributed by atoms with van der Waals surface area (Å²) in [6.45, 7) is 2.11. The fourth-order valence-electron chi connectivity index (χ4n) is 2.67. The molecular weight excluding hydrogens is 306 g/mol. The minimum Gasteiger partial charge on any atom is -0.469 e. The molecule has 0 aromatic heterocycles. The van der Waals surface area contributed by atoms with Crippen molar-refractivity contribution in [3.05, 3.63) is 21.9 Å². The molecule has 0 unspecified atom stereocenters. The molecule has 0 rings (SSSR count). The second-order valence-corrected chi connectivity index (χ2v) is 6.35. The highest BCUT2D eigenvalue weighted by Crippen LogP contribution is 2.14. The molecule has 140 valence electrons. The average Bonchev–Trinajstić information content (AvgIpc) is 2.57. The topological polar surface area (TPSA) is 69.4 Å². The third-order valence-corrected chi connectivity index (χ3v) is 4.21. The summed E-state index contributed by atoms with van der Waals surface area (Å²) in [5.74, 6) is -0.119. The number of rotatable bonds is 16. The molecule has 0 aliphatic heterocycles. The van der Waals surface area contributed by atoms with Gasteiger partial charge in [-0.15, -0.1) is 0 Å². The van der Waals surface area contributed by atoms with Crippen LogP contribution in [0.3, 0.4) is 0 Å². The Bertz CT molecular complexity index is 366. The van der Waals surface area contributed by atoms with Gasteiger partial charge in [-0.2, -0.15) is 0 Å². The molecule has 0 saturated carbocycles. The maximum Gasteiger partial charge on any atom is 0.305 e. The minimum absolute atomic E-state index is 0.119. The van der Waals surface area contributed by atoms with Gasteiger partial charge in [0.25, 0.3) is 0 Å². The lowest BCUT2D eigenvalue weighted by Crippen LogP contribution is -1.99. The Balaban J connectivity index is 3.52. The maximum absolute atomic E-state index is 11.0. The van der Waals surface area contributed by atoms with Crippen molar-refractivity contribution in [2.45, 2.75) is 96.8 Å². The van der Waals surface area contributed by atoms with Crippen molar-refractivity contribution in [2.75, 3.05) is 7.11 Å². The highest BCUT2D eigenvalue weighted by Gasteiger charge is 2.08. The van der Waals surface area contributed by atoms with Crippen LogP contribution in [0.5, 0.6) is 0 Å². The van der Waals surface area contributed by atoms with Crippen molar-refractivity contribution in [1.82, 2.24) is 0 Å². The number of nitrogens with zero attached hydrogens (tertiary/aromatic N) is 1. The predicted molar refractivity (Wildman–Crippen MR) is 97.4 cm³/mol. The summed E-state index contributed by atoms with van der Waals surface area (Å²) < 4.78 is 4.61. The second kappa shape index (κ2) is 16.5.